The molecule has 0 saturated carbocycles. The molecule has 0 aliphatic carbocycles. The smallest absolute Gasteiger partial charge is 0.277 e. The van der Waals surface area contributed by atoms with Crippen molar-refractivity contribution in [2.24, 2.45) is 0 Å². The first kappa shape index (κ1) is 21.5. The number of carbonyl (C=O) groups excluding carboxylic acids is 1. The van der Waals surface area contributed by atoms with Gasteiger partial charge in [0.1, 0.15) is 5.75 Å². The number of ether oxygens (including phenoxy) is 2. The number of methoxy groups -OCH3 is 1. The molecule has 1 saturated heterocycles. The number of hydrogen-bond acceptors (Lipinski definition) is 8. The van der Waals surface area contributed by atoms with E-state index in [1.165, 1.54) is 0 Å². The van der Waals surface area contributed by atoms with Crippen LogP contribution in [0.3, 0.4) is 0 Å². The molecule has 1 aromatic heterocycles. The zero-order chi connectivity index (χ0) is 21.6. The zero-order valence-electron chi connectivity index (χ0n) is 16.8. The molecular formula is C21H21ClN4O4S. The molecule has 162 valence electrons. The van der Waals surface area contributed by atoms with Gasteiger partial charge in [-0.3, -0.25) is 4.79 Å². The van der Waals surface area contributed by atoms with Gasteiger partial charge in [0.05, 0.1) is 48.0 Å². The van der Waals surface area contributed by atoms with Crippen LogP contribution in [0, 0.1) is 0 Å². The van der Waals surface area contributed by atoms with E-state index < -0.39 is 0 Å². The van der Waals surface area contributed by atoms with E-state index in [-0.39, 0.29) is 11.7 Å². The highest BCUT2D eigenvalue weighted by molar-refractivity contribution is 7.99. The summed E-state index contributed by atoms with van der Waals surface area (Å²) in [7, 11) is 1.58. The largest absolute Gasteiger partial charge is 0.496 e. The molecule has 0 unspecified atom stereocenters. The molecule has 1 amide bonds. The predicted octanol–water partition coefficient (Wildman–Crippen LogP) is 3.97. The molecule has 0 spiro atoms. The van der Waals surface area contributed by atoms with Crippen molar-refractivity contribution in [1.29, 1.82) is 0 Å². The van der Waals surface area contributed by atoms with E-state index in [9.17, 15) is 4.79 Å². The summed E-state index contributed by atoms with van der Waals surface area (Å²) in [5.41, 5.74) is 2.17. The first-order valence-electron chi connectivity index (χ1n) is 9.66. The normalized spacial score (nSPS) is 13.8. The van der Waals surface area contributed by atoms with Crippen LogP contribution in [0.5, 0.6) is 5.75 Å². The summed E-state index contributed by atoms with van der Waals surface area (Å²) in [6.45, 7) is 2.68. The molecule has 1 aliphatic heterocycles. The predicted molar refractivity (Wildman–Crippen MR) is 120 cm³/mol. The molecule has 4 rings (SSSR count). The minimum atomic E-state index is -0.196. The summed E-state index contributed by atoms with van der Waals surface area (Å²) in [6.07, 6.45) is 0. The molecule has 0 bridgehead atoms. The Morgan fingerprint density at radius 1 is 1.19 bits per heavy atom. The molecule has 0 radical (unpaired) electrons. The van der Waals surface area contributed by atoms with E-state index in [0.29, 0.717) is 46.4 Å². The van der Waals surface area contributed by atoms with Crippen LogP contribution in [0.15, 0.2) is 52.1 Å². The number of benzene rings is 2. The lowest BCUT2D eigenvalue weighted by molar-refractivity contribution is -0.113. The Balaban J connectivity index is 1.41. The first-order chi connectivity index (χ1) is 15.2. The summed E-state index contributed by atoms with van der Waals surface area (Å²) < 4.78 is 16.4. The maximum absolute atomic E-state index is 12.6. The van der Waals surface area contributed by atoms with Crippen LogP contribution in [-0.4, -0.2) is 55.3 Å². The molecule has 2 aromatic carbocycles. The topological polar surface area (TPSA) is 89.7 Å². The molecule has 3 aromatic rings. The number of halogens is 1. The van der Waals surface area contributed by atoms with Gasteiger partial charge in [0.15, 0.2) is 0 Å². The number of anilines is 2. The van der Waals surface area contributed by atoms with Crippen molar-refractivity contribution in [3.05, 3.63) is 47.5 Å². The molecule has 1 aliphatic rings. The van der Waals surface area contributed by atoms with E-state index in [4.69, 9.17) is 25.5 Å². The highest BCUT2D eigenvalue weighted by Gasteiger charge is 2.20. The Morgan fingerprint density at radius 3 is 2.81 bits per heavy atom. The van der Waals surface area contributed by atoms with Gasteiger partial charge in [0.2, 0.25) is 5.91 Å². The summed E-state index contributed by atoms with van der Waals surface area (Å²) in [5, 5.41) is 11.9. The van der Waals surface area contributed by atoms with E-state index in [1.807, 2.05) is 42.5 Å². The third kappa shape index (κ3) is 5.12. The van der Waals surface area contributed by atoms with Crippen LogP contribution in [0.1, 0.15) is 0 Å². The van der Waals surface area contributed by atoms with Gasteiger partial charge in [-0.25, -0.2) is 0 Å². The van der Waals surface area contributed by atoms with Crippen molar-refractivity contribution >= 4 is 40.6 Å². The summed E-state index contributed by atoms with van der Waals surface area (Å²) in [6, 6.07) is 12.8. The van der Waals surface area contributed by atoms with Crippen molar-refractivity contribution in [3.8, 4) is 17.2 Å². The van der Waals surface area contributed by atoms with Crippen LogP contribution in [0.2, 0.25) is 5.02 Å². The molecule has 0 atom stereocenters. The fourth-order valence-corrected chi connectivity index (χ4v) is 4.09. The minimum absolute atomic E-state index is 0.114. The Kier molecular flexibility index (Phi) is 6.96. The van der Waals surface area contributed by atoms with Gasteiger partial charge < -0.3 is 24.1 Å². The van der Waals surface area contributed by atoms with Crippen LogP contribution in [0.4, 0.5) is 11.4 Å². The maximum atomic E-state index is 12.6. The number of aromatic nitrogens is 2. The van der Waals surface area contributed by atoms with Crippen molar-refractivity contribution in [1.82, 2.24) is 10.2 Å². The lowest BCUT2D eigenvalue weighted by atomic mass is 10.2. The van der Waals surface area contributed by atoms with Crippen molar-refractivity contribution < 1.29 is 18.7 Å². The number of rotatable bonds is 7. The number of para-hydroxylation sites is 2. The average Bonchev–Trinajstić information content (AvgIpc) is 3.27. The second-order valence-electron chi connectivity index (χ2n) is 6.65. The number of thioether (sulfide) groups is 1. The van der Waals surface area contributed by atoms with Crippen molar-refractivity contribution in [2.45, 2.75) is 5.22 Å². The number of nitrogens with zero attached hydrogens (tertiary/aromatic N) is 3. The second kappa shape index (κ2) is 10.0. The Morgan fingerprint density at radius 2 is 2.00 bits per heavy atom. The number of carbonyl (C=O) groups is 1. The fraction of sp³-hybridized carbons (Fsp3) is 0.286. The summed E-state index contributed by atoms with van der Waals surface area (Å²) in [4.78, 5) is 14.7. The van der Waals surface area contributed by atoms with E-state index in [0.717, 1.165) is 30.5 Å². The third-order valence-corrected chi connectivity index (χ3v) is 5.78. The number of hydrogen-bond donors (Lipinski definition) is 1. The van der Waals surface area contributed by atoms with Crippen molar-refractivity contribution in [2.75, 3.05) is 49.4 Å². The van der Waals surface area contributed by atoms with Gasteiger partial charge in [-0.15, -0.1) is 10.2 Å². The molecule has 2 heterocycles. The van der Waals surface area contributed by atoms with Crippen molar-refractivity contribution in [3.63, 3.8) is 0 Å². The quantitative estimate of drug-likeness (QED) is 0.530. The summed E-state index contributed by atoms with van der Waals surface area (Å²) >= 11 is 7.58. The monoisotopic (exact) mass is 460 g/mol. The van der Waals surface area contributed by atoms with Gasteiger partial charge in [0.25, 0.3) is 11.1 Å². The number of nitrogens with one attached hydrogen (secondary N) is 1. The van der Waals surface area contributed by atoms with Crippen LogP contribution in [-0.2, 0) is 9.53 Å². The van der Waals surface area contributed by atoms with E-state index in [2.05, 4.69) is 20.4 Å². The Hall–Kier alpha value is -2.75. The Labute approximate surface area is 188 Å². The third-order valence-electron chi connectivity index (χ3n) is 4.66. The standard InChI is InChI=1S/C21H21ClN4O4S/c1-28-17-8-3-2-5-14(17)20-24-25-21(30-20)31-13-18(27)23-16-7-4-6-15(22)19(16)26-9-11-29-12-10-26/h2-8H,9-13H2,1H3,(H,23,27). The van der Waals surface area contributed by atoms with Gasteiger partial charge in [-0.1, -0.05) is 41.6 Å². The SMILES string of the molecule is COc1ccccc1-c1nnc(SCC(=O)Nc2cccc(Cl)c2N2CCOCC2)o1. The van der Waals surface area contributed by atoms with E-state index in [1.54, 1.807) is 7.11 Å². The Bertz CT molecular complexity index is 1060. The van der Waals surface area contributed by atoms with E-state index >= 15 is 0 Å². The molecule has 31 heavy (non-hydrogen) atoms. The fourth-order valence-electron chi connectivity index (χ4n) is 3.24. The minimum Gasteiger partial charge on any atom is -0.496 e. The highest BCUT2D eigenvalue weighted by Crippen LogP contribution is 2.35. The van der Waals surface area contributed by atoms with Crippen LogP contribution >= 0.6 is 23.4 Å². The van der Waals surface area contributed by atoms with Crippen LogP contribution < -0.4 is 15.0 Å². The average molecular weight is 461 g/mol. The first-order valence-corrected chi connectivity index (χ1v) is 11.0. The molecule has 1 fully saturated rings. The number of amides is 1. The molecule has 1 N–H and O–H groups in total. The maximum Gasteiger partial charge on any atom is 0.277 e. The molecule has 8 nitrogen and oxygen atoms in total. The van der Waals surface area contributed by atoms with Gasteiger partial charge in [-0.2, -0.15) is 0 Å². The molecular weight excluding hydrogens is 440 g/mol. The molecule has 10 heteroatoms. The summed E-state index contributed by atoms with van der Waals surface area (Å²) in [5.74, 6) is 0.892. The second-order valence-corrected chi connectivity index (χ2v) is 7.98. The lowest BCUT2D eigenvalue weighted by Crippen LogP contribution is -2.37. The lowest BCUT2D eigenvalue weighted by Gasteiger charge is -2.31. The zero-order valence-corrected chi connectivity index (χ0v) is 18.4. The van der Waals surface area contributed by atoms with Gasteiger partial charge in [-0.05, 0) is 24.3 Å². The number of morpholine rings is 1. The van der Waals surface area contributed by atoms with Gasteiger partial charge >= 0.3 is 0 Å². The van der Waals surface area contributed by atoms with Crippen LogP contribution in [0.25, 0.3) is 11.5 Å². The van der Waals surface area contributed by atoms with Gasteiger partial charge in [0, 0.05) is 13.1 Å². The highest BCUT2D eigenvalue weighted by atomic mass is 35.5.